The Labute approximate surface area is 169 Å². The predicted octanol–water partition coefficient (Wildman–Crippen LogP) is 4.81. The predicted molar refractivity (Wildman–Crippen MR) is 108 cm³/mol. The van der Waals surface area contributed by atoms with Gasteiger partial charge in [-0.2, -0.15) is 4.31 Å². The van der Waals surface area contributed by atoms with E-state index in [0.717, 1.165) is 25.7 Å². The monoisotopic (exact) mass is 426 g/mol. The number of sulfonamides is 1. The molecule has 27 heavy (non-hydrogen) atoms. The van der Waals surface area contributed by atoms with Gasteiger partial charge in [-0.15, -0.1) is 0 Å². The summed E-state index contributed by atoms with van der Waals surface area (Å²) in [5.41, 5.74) is 0.608. The Bertz CT molecular complexity index is 940. The minimum Gasteiger partial charge on any atom is -0.321 e. The molecule has 1 saturated heterocycles. The van der Waals surface area contributed by atoms with Crippen molar-refractivity contribution in [2.45, 2.75) is 30.6 Å². The number of anilines is 1. The van der Waals surface area contributed by atoms with Crippen LogP contribution < -0.4 is 5.32 Å². The zero-order valence-electron chi connectivity index (χ0n) is 14.6. The van der Waals surface area contributed by atoms with Crippen molar-refractivity contribution in [2.24, 2.45) is 0 Å². The number of carbonyl (C=O) groups is 1. The van der Waals surface area contributed by atoms with Crippen LogP contribution in [0.2, 0.25) is 10.0 Å². The van der Waals surface area contributed by atoms with Gasteiger partial charge in [-0.05, 0) is 49.2 Å². The van der Waals surface area contributed by atoms with E-state index >= 15 is 0 Å². The van der Waals surface area contributed by atoms with E-state index in [2.05, 4.69) is 5.32 Å². The molecule has 5 nitrogen and oxygen atoms in total. The smallest absolute Gasteiger partial charge is 0.255 e. The largest absolute Gasteiger partial charge is 0.321 e. The molecule has 0 unspecified atom stereocenters. The highest BCUT2D eigenvalue weighted by atomic mass is 35.5. The summed E-state index contributed by atoms with van der Waals surface area (Å²) in [4.78, 5) is 12.7. The van der Waals surface area contributed by atoms with E-state index in [4.69, 9.17) is 23.2 Å². The first-order chi connectivity index (χ1) is 12.9. The van der Waals surface area contributed by atoms with Crippen LogP contribution in [0.25, 0.3) is 0 Å². The third kappa shape index (κ3) is 4.82. The molecule has 1 N–H and O–H groups in total. The molecule has 1 amide bonds. The van der Waals surface area contributed by atoms with Crippen LogP contribution in [0.15, 0.2) is 47.4 Å². The molecule has 144 valence electrons. The Morgan fingerprint density at radius 3 is 2.37 bits per heavy atom. The molecule has 1 aliphatic heterocycles. The van der Waals surface area contributed by atoms with E-state index in [-0.39, 0.29) is 10.5 Å². The van der Waals surface area contributed by atoms with Crippen molar-refractivity contribution >= 4 is 44.8 Å². The fourth-order valence-electron chi connectivity index (χ4n) is 3.02. The summed E-state index contributed by atoms with van der Waals surface area (Å²) in [6.45, 7) is 1.02. The summed E-state index contributed by atoms with van der Waals surface area (Å²) in [5.74, 6) is -0.452. The van der Waals surface area contributed by atoms with Gasteiger partial charge < -0.3 is 5.32 Å². The lowest BCUT2D eigenvalue weighted by atomic mass is 10.2. The number of nitrogens with one attached hydrogen (secondary N) is 1. The van der Waals surface area contributed by atoms with Crippen molar-refractivity contribution in [2.75, 3.05) is 18.4 Å². The van der Waals surface area contributed by atoms with Gasteiger partial charge in [-0.1, -0.05) is 42.1 Å². The minimum atomic E-state index is -3.62. The van der Waals surface area contributed by atoms with Gasteiger partial charge in [0.2, 0.25) is 10.0 Å². The molecule has 8 heteroatoms. The number of amides is 1. The lowest BCUT2D eigenvalue weighted by molar-refractivity contribution is 0.102. The highest BCUT2D eigenvalue weighted by molar-refractivity contribution is 7.89. The van der Waals surface area contributed by atoms with Crippen molar-refractivity contribution in [3.8, 4) is 0 Å². The minimum absolute atomic E-state index is 0.120. The third-order valence-corrected chi connectivity index (χ3v) is 6.93. The quantitative estimate of drug-likeness (QED) is 0.762. The summed E-state index contributed by atoms with van der Waals surface area (Å²) < 4.78 is 27.4. The molecule has 3 rings (SSSR count). The molecule has 0 bridgehead atoms. The van der Waals surface area contributed by atoms with Crippen LogP contribution in [0.1, 0.15) is 36.0 Å². The average molecular weight is 427 g/mol. The highest BCUT2D eigenvalue weighted by Crippen LogP contribution is 2.26. The Balaban J connectivity index is 1.84. The molecule has 0 atom stereocenters. The molecule has 0 aromatic heterocycles. The Morgan fingerprint density at radius 2 is 1.67 bits per heavy atom. The van der Waals surface area contributed by atoms with Gasteiger partial charge in [0, 0.05) is 23.7 Å². The van der Waals surface area contributed by atoms with Gasteiger partial charge in [0.05, 0.1) is 15.6 Å². The van der Waals surface area contributed by atoms with Crippen LogP contribution in [-0.4, -0.2) is 31.7 Å². The van der Waals surface area contributed by atoms with Crippen LogP contribution in [-0.2, 0) is 10.0 Å². The zero-order chi connectivity index (χ0) is 19.4. The van der Waals surface area contributed by atoms with E-state index in [1.807, 2.05) is 0 Å². The summed E-state index contributed by atoms with van der Waals surface area (Å²) in [6, 6.07) is 10.8. The molecule has 1 heterocycles. The number of rotatable bonds is 4. The van der Waals surface area contributed by atoms with Gasteiger partial charge in [0.25, 0.3) is 5.91 Å². The zero-order valence-corrected chi connectivity index (χ0v) is 16.9. The maximum absolute atomic E-state index is 12.9. The molecular weight excluding hydrogens is 407 g/mol. The fraction of sp³-hybridized carbons (Fsp3) is 0.316. The molecule has 2 aromatic carbocycles. The van der Waals surface area contributed by atoms with E-state index < -0.39 is 15.9 Å². The van der Waals surface area contributed by atoms with Gasteiger partial charge in [0.15, 0.2) is 0 Å². The Kier molecular flexibility index (Phi) is 6.42. The first-order valence-electron chi connectivity index (χ1n) is 8.74. The summed E-state index contributed by atoms with van der Waals surface area (Å²) >= 11 is 12.0. The topological polar surface area (TPSA) is 66.5 Å². The summed E-state index contributed by atoms with van der Waals surface area (Å²) in [6.07, 6.45) is 3.78. The van der Waals surface area contributed by atoms with Crippen molar-refractivity contribution in [3.05, 3.63) is 58.1 Å². The van der Waals surface area contributed by atoms with Crippen molar-refractivity contribution in [1.82, 2.24) is 4.31 Å². The second-order valence-electron chi connectivity index (χ2n) is 6.42. The van der Waals surface area contributed by atoms with Gasteiger partial charge in [-0.3, -0.25) is 4.79 Å². The van der Waals surface area contributed by atoms with Crippen molar-refractivity contribution in [1.29, 1.82) is 0 Å². The SMILES string of the molecule is O=C(Nc1cc(Cl)ccc1Cl)c1cccc(S(=O)(=O)N2CCCCCC2)c1. The number of hydrogen-bond acceptors (Lipinski definition) is 3. The third-order valence-electron chi connectivity index (χ3n) is 4.48. The molecule has 0 aliphatic carbocycles. The Hall–Kier alpha value is -1.60. The molecule has 2 aromatic rings. The molecule has 0 spiro atoms. The summed E-state index contributed by atoms with van der Waals surface area (Å²) in [7, 11) is -3.62. The van der Waals surface area contributed by atoms with Crippen LogP contribution in [0.4, 0.5) is 5.69 Å². The Morgan fingerprint density at radius 1 is 0.963 bits per heavy atom. The molecule has 1 aliphatic rings. The summed E-state index contributed by atoms with van der Waals surface area (Å²) in [5, 5.41) is 3.46. The van der Waals surface area contributed by atoms with E-state index in [1.54, 1.807) is 30.3 Å². The number of carbonyl (C=O) groups excluding carboxylic acids is 1. The number of nitrogens with zero attached hydrogens (tertiary/aromatic N) is 1. The van der Waals surface area contributed by atoms with Crippen LogP contribution in [0, 0.1) is 0 Å². The molecule has 1 fully saturated rings. The van der Waals surface area contributed by atoms with Crippen LogP contribution in [0.3, 0.4) is 0 Å². The van der Waals surface area contributed by atoms with Crippen LogP contribution in [0.5, 0.6) is 0 Å². The van der Waals surface area contributed by atoms with Crippen molar-refractivity contribution in [3.63, 3.8) is 0 Å². The first kappa shape index (κ1) is 20.1. The van der Waals surface area contributed by atoms with E-state index in [9.17, 15) is 13.2 Å². The molecule has 0 radical (unpaired) electrons. The maximum atomic E-state index is 12.9. The number of benzene rings is 2. The second kappa shape index (κ2) is 8.61. The number of hydrogen-bond donors (Lipinski definition) is 1. The maximum Gasteiger partial charge on any atom is 0.255 e. The average Bonchev–Trinajstić information content (AvgIpc) is 2.95. The normalized spacial score (nSPS) is 15.9. The van der Waals surface area contributed by atoms with Crippen molar-refractivity contribution < 1.29 is 13.2 Å². The standard InChI is InChI=1S/C19H20Cl2N2O3S/c20-15-8-9-17(21)18(13-15)22-19(24)14-6-5-7-16(12-14)27(25,26)23-10-3-1-2-4-11-23/h5-9,12-13H,1-4,10-11H2,(H,22,24). The lowest BCUT2D eigenvalue weighted by Crippen LogP contribution is -2.32. The van der Waals surface area contributed by atoms with Gasteiger partial charge >= 0.3 is 0 Å². The molecular formula is C19H20Cl2N2O3S. The molecule has 0 saturated carbocycles. The lowest BCUT2D eigenvalue weighted by Gasteiger charge is -2.20. The van der Waals surface area contributed by atoms with E-state index in [1.165, 1.54) is 16.4 Å². The number of halogens is 2. The van der Waals surface area contributed by atoms with Gasteiger partial charge in [0.1, 0.15) is 0 Å². The highest BCUT2D eigenvalue weighted by Gasteiger charge is 2.25. The second-order valence-corrected chi connectivity index (χ2v) is 9.21. The first-order valence-corrected chi connectivity index (χ1v) is 10.9. The van der Waals surface area contributed by atoms with E-state index in [0.29, 0.717) is 28.8 Å². The fourth-order valence-corrected chi connectivity index (χ4v) is 4.92. The van der Waals surface area contributed by atoms with Gasteiger partial charge in [-0.25, -0.2) is 8.42 Å². The van der Waals surface area contributed by atoms with Crippen LogP contribution >= 0.6 is 23.2 Å².